The van der Waals surface area contributed by atoms with Gasteiger partial charge in [-0.1, -0.05) is 0 Å². The van der Waals surface area contributed by atoms with Crippen LogP contribution in [0.25, 0.3) is 0 Å². The molecule has 0 aliphatic carbocycles. The molecule has 18 heavy (non-hydrogen) atoms. The first-order valence-electron chi connectivity index (χ1n) is 5.04. The van der Waals surface area contributed by atoms with Crippen molar-refractivity contribution in [3.8, 4) is 0 Å². The summed E-state index contributed by atoms with van der Waals surface area (Å²) >= 11 is 0. The highest BCUT2D eigenvalue weighted by Gasteiger charge is 2.27. The number of rotatable bonds is 4. The Morgan fingerprint density at radius 1 is 1.33 bits per heavy atom. The minimum Gasteiger partial charge on any atom is -0.399 e. The van der Waals surface area contributed by atoms with E-state index in [0.717, 1.165) is 0 Å². The van der Waals surface area contributed by atoms with Crippen molar-refractivity contribution in [3.05, 3.63) is 23.8 Å². The lowest BCUT2D eigenvalue weighted by molar-refractivity contribution is -0.132. The molecule has 0 heterocycles. The number of anilines is 1. The molecule has 1 aromatic rings. The standard InChI is InChI=1S/C10H13F3N2O2S/c1-7-6-8(14)2-3-9(7)18(16,17)15-5-4-10(11,12)13/h2-3,6,15H,4-5,14H2,1H3. The van der Waals surface area contributed by atoms with Crippen molar-refractivity contribution in [3.63, 3.8) is 0 Å². The molecule has 0 spiro atoms. The molecule has 0 saturated carbocycles. The van der Waals surface area contributed by atoms with E-state index in [1.165, 1.54) is 25.1 Å². The lowest BCUT2D eigenvalue weighted by Gasteiger charge is -2.10. The highest BCUT2D eigenvalue weighted by atomic mass is 32.2. The molecule has 0 atom stereocenters. The van der Waals surface area contributed by atoms with Crippen LogP contribution < -0.4 is 10.5 Å². The maximum Gasteiger partial charge on any atom is 0.390 e. The topological polar surface area (TPSA) is 72.2 Å². The van der Waals surface area contributed by atoms with Gasteiger partial charge in [0.25, 0.3) is 0 Å². The third-order valence-electron chi connectivity index (χ3n) is 2.19. The summed E-state index contributed by atoms with van der Waals surface area (Å²) in [6.45, 7) is 0.838. The van der Waals surface area contributed by atoms with Gasteiger partial charge >= 0.3 is 6.18 Å². The fraction of sp³-hybridized carbons (Fsp3) is 0.400. The van der Waals surface area contributed by atoms with Crippen molar-refractivity contribution in [1.82, 2.24) is 4.72 Å². The Labute approximate surface area is 103 Å². The summed E-state index contributed by atoms with van der Waals surface area (Å²) in [7, 11) is -3.94. The lowest BCUT2D eigenvalue weighted by Crippen LogP contribution is -2.28. The molecule has 0 fully saturated rings. The fourth-order valence-electron chi connectivity index (χ4n) is 1.38. The summed E-state index contributed by atoms with van der Waals surface area (Å²) in [4.78, 5) is -0.0705. The monoisotopic (exact) mass is 282 g/mol. The van der Waals surface area contributed by atoms with Crippen LogP contribution in [-0.4, -0.2) is 21.1 Å². The highest BCUT2D eigenvalue weighted by molar-refractivity contribution is 7.89. The molecule has 8 heteroatoms. The number of nitrogen functional groups attached to an aromatic ring is 1. The van der Waals surface area contributed by atoms with Crippen LogP contribution in [-0.2, 0) is 10.0 Å². The minimum atomic E-state index is -4.39. The molecule has 0 aromatic heterocycles. The highest BCUT2D eigenvalue weighted by Crippen LogP contribution is 2.20. The van der Waals surface area contributed by atoms with Crippen LogP contribution >= 0.6 is 0 Å². The molecule has 0 unspecified atom stereocenters. The molecule has 0 aliphatic rings. The predicted molar refractivity (Wildman–Crippen MR) is 61.5 cm³/mol. The number of halogens is 3. The normalized spacial score (nSPS) is 12.7. The third-order valence-corrected chi connectivity index (χ3v) is 3.81. The molecule has 0 aliphatic heterocycles. The van der Waals surface area contributed by atoms with Gasteiger partial charge < -0.3 is 5.73 Å². The maximum atomic E-state index is 11.9. The molecule has 0 saturated heterocycles. The van der Waals surface area contributed by atoms with Crippen molar-refractivity contribution in [2.75, 3.05) is 12.3 Å². The van der Waals surface area contributed by atoms with Gasteiger partial charge in [-0.25, -0.2) is 13.1 Å². The zero-order valence-corrected chi connectivity index (χ0v) is 10.4. The molecule has 3 N–H and O–H groups in total. The molecular formula is C10H13F3N2O2S. The van der Waals surface area contributed by atoms with Gasteiger partial charge in [-0.05, 0) is 30.7 Å². The van der Waals surface area contributed by atoms with Crippen molar-refractivity contribution in [2.45, 2.75) is 24.4 Å². The number of aryl methyl sites for hydroxylation is 1. The van der Waals surface area contributed by atoms with Gasteiger partial charge in [0.05, 0.1) is 11.3 Å². The average molecular weight is 282 g/mol. The van der Waals surface area contributed by atoms with Crippen molar-refractivity contribution in [1.29, 1.82) is 0 Å². The van der Waals surface area contributed by atoms with Crippen molar-refractivity contribution in [2.24, 2.45) is 0 Å². The summed E-state index contributed by atoms with van der Waals surface area (Å²) in [5, 5.41) is 0. The average Bonchev–Trinajstić information content (AvgIpc) is 2.13. The Morgan fingerprint density at radius 2 is 1.94 bits per heavy atom. The number of hydrogen-bond acceptors (Lipinski definition) is 3. The van der Waals surface area contributed by atoms with E-state index in [2.05, 4.69) is 0 Å². The van der Waals surface area contributed by atoms with E-state index in [1.54, 1.807) is 0 Å². The van der Waals surface area contributed by atoms with Gasteiger partial charge in [0.15, 0.2) is 0 Å². The van der Waals surface area contributed by atoms with E-state index in [9.17, 15) is 21.6 Å². The summed E-state index contributed by atoms with van der Waals surface area (Å²) in [5.74, 6) is 0. The zero-order valence-electron chi connectivity index (χ0n) is 9.58. The van der Waals surface area contributed by atoms with Gasteiger partial charge in [-0.2, -0.15) is 13.2 Å². The Kier molecular flexibility index (Phi) is 4.23. The van der Waals surface area contributed by atoms with E-state index in [4.69, 9.17) is 5.73 Å². The van der Waals surface area contributed by atoms with Crippen LogP contribution in [0.1, 0.15) is 12.0 Å². The zero-order chi connectivity index (χ0) is 14.0. The quantitative estimate of drug-likeness (QED) is 0.827. The Bertz CT molecular complexity index is 526. The second-order valence-electron chi connectivity index (χ2n) is 3.79. The number of sulfonamides is 1. The Balaban J connectivity index is 2.81. The SMILES string of the molecule is Cc1cc(N)ccc1S(=O)(=O)NCCC(F)(F)F. The Morgan fingerprint density at radius 3 is 2.44 bits per heavy atom. The molecule has 102 valence electrons. The van der Waals surface area contributed by atoms with Crippen LogP contribution in [0, 0.1) is 6.92 Å². The molecule has 0 amide bonds. The number of nitrogens with one attached hydrogen (secondary N) is 1. The van der Waals surface area contributed by atoms with Crippen LogP contribution in [0.3, 0.4) is 0 Å². The van der Waals surface area contributed by atoms with Crippen LogP contribution in [0.2, 0.25) is 0 Å². The smallest absolute Gasteiger partial charge is 0.390 e. The van der Waals surface area contributed by atoms with Gasteiger partial charge in [-0.3, -0.25) is 0 Å². The summed E-state index contributed by atoms with van der Waals surface area (Å²) in [6, 6.07) is 4.09. The summed E-state index contributed by atoms with van der Waals surface area (Å²) in [5.41, 5.74) is 6.24. The van der Waals surface area contributed by atoms with Gasteiger partial charge in [0, 0.05) is 12.2 Å². The molecule has 1 aromatic carbocycles. The molecule has 4 nitrogen and oxygen atoms in total. The maximum absolute atomic E-state index is 11.9. The molecule has 0 bridgehead atoms. The number of benzene rings is 1. The van der Waals surface area contributed by atoms with E-state index < -0.39 is 29.2 Å². The second kappa shape index (κ2) is 5.15. The van der Waals surface area contributed by atoms with Gasteiger partial charge in [-0.15, -0.1) is 0 Å². The summed E-state index contributed by atoms with van der Waals surface area (Å²) < 4.78 is 61.1. The Hall–Kier alpha value is -1.28. The van der Waals surface area contributed by atoms with Crippen molar-refractivity contribution < 1.29 is 21.6 Å². The van der Waals surface area contributed by atoms with E-state index in [0.29, 0.717) is 11.3 Å². The fourth-order valence-corrected chi connectivity index (χ4v) is 2.64. The number of nitrogens with two attached hydrogens (primary N) is 1. The number of hydrogen-bond donors (Lipinski definition) is 2. The first-order chi connectivity index (χ1) is 8.12. The van der Waals surface area contributed by atoms with E-state index in [-0.39, 0.29) is 4.90 Å². The van der Waals surface area contributed by atoms with Crippen LogP contribution in [0.4, 0.5) is 18.9 Å². The first kappa shape index (κ1) is 14.8. The second-order valence-corrected chi connectivity index (χ2v) is 5.52. The predicted octanol–water partition coefficient (Wildman–Crippen LogP) is 1.81. The van der Waals surface area contributed by atoms with E-state index >= 15 is 0 Å². The largest absolute Gasteiger partial charge is 0.399 e. The molecule has 0 radical (unpaired) electrons. The first-order valence-corrected chi connectivity index (χ1v) is 6.53. The third kappa shape index (κ3) is 4.19. The molecular weight excluding hydrogens is 269 g/mol. The van der Waals surface area contributed by atoms with Crippen molar-refractivity contribution >= 4 is 15.7 Å². The molecule has 1 rings (SSSR count). The van der Waals surface area contributed by atoms with Crippen LogP contribution in [0.5, 0.6) is 0 Å². The van der Waals surface area contributed by atoms with Crippen LogP contribution in [0.15, 0.2) is 23.1 Å². The minimum absolute atomic E-state index is 0.0705. The summed E-state index contributed by atoms with van der Waals surface area (Å²) in [6.07, 6.45) is -5.60. The lowest BCUT2D eigenvalue weighted by atomic mass is 10.2. The van der Waals surface area contributed by atoms with E-state index in [1.807, 2.05) is 4.72 Å². The van der Waals surface area contributed by atoms with Gasteiger partial charge in [0.1, 0.15) is 0 Å². The number of alkyl halides is 3. The van der Waals surface area contributed by atoms with Gasteiger partial charge in [0.2, 0.25) is 10.0 Å².